The molecule has 0 amide bonds. The number of aryl methyl sites for hydroxylation is 1. The molecule has 2 N–H and O–H groups in total. The van der Waals surface area contributed by atoms with Crippen LogP contribution < -0.4 is 10.5 Å². The van der Waals surface area contributed by atoms with Crippen molar-refractivity contribution in [3.05, 3.63) is 34.7 Å². The number of benzene rings is 1. The number of ether oxygens (including phenoxy) is 2. The highest BCUT2D eigenvalue weighted by molar-refractivity contribution is 7.16. The Bertz CT molecular complexity index is 632. The summed E-state index contributed by atoms with van der Waals surface area (Å²) in [5.74, 6) is 0.433. The predicted molar refractivity (Wildman–Crippen MR) is 86.0 cm³/mol. The van der Waals surface area contributed by atoms with E-state index in [2.05, 4.69) is 0 Å². The Labute approximate surface area is 128 Å². The first-order valence-corrected chi connectivity index (χ1v) is 7.69. The second-order valence-corrected chi connectivity index (χ2v) is 5.71. The van der Waals surface area contributed by atoms with Gasteiger partial charge in [-0.05, 0) is 38.5 Å². The summed E-state index contributed by atoms with van der Waals surface area (Å²) in [7, 11) is 0. The van der Waals surface area contributed by atoms with E-state index in [4.69, 9.17) is 15.2 Å². The summed E-state index contributed by atoms with van der Waals surface area (Å²) in [4.78, 5) is 13.1. The van der Waals surface area contributed by atoms with E-state index < -0.39 is 0 Å². The molecule has 0 aliphatic rings. The van der Waals surface area contributed by atoms with E-state index in [1.807, 2.05) is 38.1 Å². The number of carbonyl (C=O) groups excluding carboxylic acids is 1. The summed E-state index contributed by atoms with van der Waals surface area (Å²) < 4.78 is 10.5. The summed E-state index contributed by atoms with van der Waals surface area (Å²) in [5.41, 5.74) is 8.23. The van der Waals surface area contributed by atoms with Crippen LogP contribution in [0.3, 0.4) is 0 Å². The molecule has 2 rings (SSSR count). The normalized spacial score (nSPS) is 10.4. The van der Waals surface area contributed by atoms with E-state index in [9.17, 15) is 4.79 Å². The molecule has 0 bridgehead atoms. The highest BCUT2D eigenvalue weighted by Gasteiger charge is 2.22. The quantitative estimate of drug-likeness (QED) is 0.852. The zero-order chi connectivity index (χ0) is 15.4. The topological polar surface area (TPSA) is 61.5 Å². The van der Waals surface area contributed by atoms with Crippen LogP contribution in [0.15, 0.2) is 24.3 Å². The maximum Gasteiger partial charge on any atom is 0.341 e. The van der Waals surface area contributed by atoms with Crippen molar-refractivity contribution in [3.63, 3.8) is 0 Å². The lowest BCUT2D eigenvalue weighted by Crippen LogP contribution is -2.07. The zero-order valence-corrected chi connectivity index (χ0v) is 13.3. The van der Waals surface area contributed by atoms with Gasteiger partial charge in [0.15, 0.2) is 0 Å². The maximum absolute atomic E-state index is 12.1. The monoisotopic (exact) mass is 305 g/mol. The Balaban J connectivity index is 2.45. The third-order valence-electron chi connectivity index (χ3n) is 3.05. The molecule has 21 heavy (non-hydrogen) atoms. The van der Waals surface area contributed by atoms with Crippen molar-refractivity contribution in [2.75, 3.05) is 18.9 Å². The van der Waals surface area contributed by atoms with Gasteiger partial charge >= 0.3 is 5.97 Å². The molecule has 1 aromatic heterocycles. The molecule has 0 atom stereocenters. The third kappa shape index (κ3) is 3.19. The van der Waals surface area contributed by atoms with Gasteiger partial charge in [-0.15, -0.1) is 11.3 Å². The smallest absolute Gasteiger partial charge is 0.341 e. The van der Waals surface area contributed by atoms with Crippen LogP contribution in [-0.4, -0.2) is 19.2 Å². The van der Waals surface area contributed by atoms with Gasteiger partial charge in [0.25, 0.3) is 0 Å². The lowest BCUT2D eigenvalue weighted by molar-refractivity contribution is 0.0529. The molecule has 5 heteroatoms. The third-order valence-corrected chi connectivity index (χ3v) is 3.98. The van der Waals surface area contributed by atoms with Gasteiger partial charge in [-0.3, -0.25) is 0 Å². The Hall–Kier alpha value is -2.01. The fourth-order valence-electron chi connectivity index (χ4n) is 2.20. The molecule has 1 heterocycles. The van der Waals surface area contributed by atoms with Crippen molar-refractivity contribution in [2.45, 2.75) is 20.8 Å². The minimum Gasteiger partial charge on any atom is -0.494 e. The van der Waals surface area contributed by atoms with Gasteiger partial charge in [-0.2, -0.15) is 0 Å². The van der Waals surface area contributed by atoms with Gasteiger partial charge in [0.2, 0.25) is 0 Å². The van der Waals surface area contributed by atoms with Crippen molar-refractivity contribution < 1.29 is 14.3 Å². The molecular formula is C16H19NO3S. The summed E-state index contributed by atoms with van der Waals surface area (Å²) in [6.45, 7) is 6.63. The molecule has 0 saturated carbocycles. The van der Waals surface area contributed by atoms with Crippen LogP contribution in [-0.2, 0) is 4.74 Å². The molecule has 4 nitrogen and oxygen atoms in total. The number of esters is 1. The molecule has 1 aromatic carbocycles. The largest absolute Gasteiger partial charge is 0.494 e. The van der Waals surface area contributed by atoms with Crippen LogP contribution in [0.25, 0.3) is 11.1 Å². The van der Waals surface area contributed by atoms with Crippen molar-refractivity contribution in [1.82, 2.24) is 0 Å². The van der Waals surface area contributed by atoms with E-state index >= 15 is 0 Å². The number of anilines is 1. The van der Waals surface area contributed by atoms with Crippen LogP contribution in [0.4, 0.5) is 5.00 Å². The second kappa shape index (κ2) is 6.63. The van der Waals surface area contributed by atoms with E-state index in [1.54, 1.807) is 6.92 Å². The molecule has 0 aliphatic carbocycles. The molecule has 0 fully saturated rings. The lowest BCUT2D eigenvalue weighted by Gasteiger charge is -2.08. The Morgan fingerprint density at radius 2 is 1.86 bits per heavy atom. The number of nitrogen functional groups attached to an aromatic ring is 1. The lowest BCUT2D eigenvalue weighted by atomic mass is 10.0. The van der Waals surface area contributed by atoms with Gasteiger partial charge in [-0.1, -0.05) is 12.1 Å². The van der Waals surface area contributed by atoms with Crippen LogP contribution in [0.2, 0.25) is 0 Å². The van der Waals surface area contributed by atoms with Gasteiger partial charge in [-0.25, -0.2) is 4.79 Å². The molecular weight excluding hydrogens is 286 g/mol. The summed E-state index contributed by atoms with van der Waals surface area (Å²) in [6.07, 6.45) is 0. The van der Waals surface area contributed by atoms with Gasteiger partial charge in [0, 0.05) is 10.4 Å². The average molecular weight is 305 g/mol. The van der Waals surface area contributed by atoms with E-state index in [-0.39, 0.29) is 5.97 Å². The number of nitrogens with two attached hydrogens (primary N) is 1. The number of hydrogen-bond acceptors (Lipinski definition) is 5. The summed E-state index contributed by atoms with van der Waals surface area (Å²) >= 11 is 1.41. The van der Waals surface area contributed by atoms with Crippen molar-refractivity contribution in [1.29, 1.82) is 0 Å². The van der Waals surface area contributed by atoms with Gasteiger partial charge in [0.05, 0.1) is 13.2 Å². The molecule has 0 aliphatic heterocycles. The SMILES string of the molecule is CCOC(=O)c1c(N)sc(C)c1-c1ccc(OCC)cc1. The summed E-state index contributed by atoms with van der Waals surface area (Å²) in [5, 5.41) is 0.495. The number of carbonyl (C=O) groups is 1. The highest BCUT2D eigenvalue weighted by Crippen LogP contribution is 2.39. The number of hydrogen-bond donors (Lipinski definition) is 1. The fraction of sp³-hybridized carbons (Fsp3) is 0.312. The highest BCUT2D eigenvalue weighted by atomic mass is 32.1. The van der Waals surface area contributed by atoms with Gasteiger partial charge in [0.1, 0.15) is 16.3 Å². The Kier molecular flexibility index (Phi) is 4.85. The van der Waals surface area contributed by atoms with Crippen LogP contribution >= 0.6 is 11.3 Å². The van der Waals surface area contributed by atoms with Crippen molar-refractivity contribution >= 4 is 22.3 Å². The maximum atomic E-state index is 12.1. The van der Waals surface area contributed by atoms with Gasteiger partial charge < -0.3 is 15.2 Å². The van der Waals surface area contributed by atoms with E-state index in [1.165, 1.54) is 11.3 Å². The van der Waals surface area contributed by atoms with Crippen molar-refractivity contribution in [3.8, 4) is 16.9 Å². The minimum atomic E-state index is -0.372. The first-order chi connectivity index (χ1) is 10.1. The van der Waals surface area contributed by atoms with Crippen molar-refractivity contribution in [2.24, 2.45) is 0 Å². The standard InChI is InChI=1S/C16H19NO3S/c1-4-19-12-8-6-11(7-9-12)13-10(3)21-15(17)14(13)16(18)20-5-2/h6-9H,4-5,17H2,1-3H3. The Morgan fingerprint density at radius 1 is 1.19 bits per heavy atom. The average Bonchev–Trinajstić information content (AvgIpc) is 2.75. The first kappa shape index (κ1) is 15.4. The fourth-order valence-corrected chi connectivity index (χ4v) is 3.14. The van der Waals surface area contributed by atoms with E-state index in [0.717, 1.165) is 21.8 Å². The molecule has 2 aromatic rings. The first-order valence-electron chi connectivity index (χ1n) is 6.87. The zero-order valence-electron chi connectivity index (χ0n) is 12.4. The van der Waals surface area contributed by atoms with E-state index in [0.29, 0.717) is 23.8 Å². The van der Waals surface area contributed by atoms with Crippen LogP contribution in [0, 0.1) is 6.92 Å². The number of thiophene rings is 1. The molecule has 0 spiro atoms. The van der Waals surface area contributed by atoms with Crippen LogP contribution in [0.1, 0.15) is 29.1 Å². The molecule has 0 radical (unpaired) electrons. The Morgan fingerprint density at radius 3 is 2.43 bits per heavy atom. The minimum absolute atomic E-state index is 0.329. The number of rotatable bonds is 5. The van der Waals surface area contributed by atoms with Crippen LogP contribution in [0.5, 0.6) is 5.75 Å². The molecule has 0 saturated heterocycles. The molecule has 112 valence electrons. The summed E-state index contributed by atoms with van der Waals surface area (Å²) in [6, 6.07) is 7.65. The second-order valence-electron chi connectivity index (χ2n) is 4.45. The predicted octanol–water partition coefficient (Wildman–Crippen LogP) is 3.88. The molecule has 0 unspecified atom stereocenters.